The summed E-state index contributed by atoms with van der Waals surface area (Å²) in [5.41, 5.74) is 2.77. The summed E-state index contributed by atoms with van der Waals surface area (Å²) < 4.78 is 0. The summed E-state index contributed by atoms with van der Waals surface area (Å²) in [6.07, 6.45) is 1.64. The highest BCUT2D eigenvalue weighted by molar-refractivity contribution is 6.45. The lowest BCUT2D eigenvalue weighted by Crippen LogP contribution is -2.11. The highest BCUT2D eigenvalue weighted by Crippen LogP contribution is 2.14. The maximum Gasteiger partial charge on any atom is 0.267 e. The molecule has 0 unspecified atom stereocenters. The van der Waals surface area contributed by atoms with Crippen LogP contribution in [0.25, 0.3) is 6.08 Å². The van der Waals surface area contributed by atoms with E-state index in [0.717, 1.165) is 16.8 Å². The van der Waals surface area contributed by atoms with Gasteiger partial charge in [0.15, 0.2) is 0 Å². The van der Waals surface area contributed by atoms with Gasteiger partial charge in [-0.05, 0) is 30.7 Å². The Morgan fingerprint density at radius 3 is 2.32 bits per heavy atom. The summed E-state index contributed by atoms with van der Waals surface area (Å²) in [6.45, 7) is 1.99. The quantitative estimate of drug-likeness (QED) is 0.833. The first-order chi connectivity index (χ1) is 9.15. The number of halogens is 1. The molecule has 2 aromatic rings. The third-order valence-corrected chi connectivity index (χ3v) is 2.90. The predicted octanol–water partition coefficient (Wildman–Crippen LogP) is 4.21. The number of aryl methyl sites for hydroxylation is 1. The van der Waals surface area contributed by atoms with Crippen LogP contribution >= 0.6 is 11.6 Å². The molecule has 0 aliphatic heterocycles. The third-order valence-electron chi connectivity index (χ3n) is 2.62. The van der Waals surface area contributed by atoms with Crippen LogP contribution in [-0.4, -0.2) is 5.91 Å². The number of rotatable bonds is 3. The molecular formula is C16H14ClNO. The smallest absolute Gasteiger partial charge is 0.267 e. The molecule has 19 heavy (non-hydrogen) atoms. The summed E-state index contributed by atoms with van der Waals surface area (Å²) in [5, 5.41) is 2.91. The minimum absolute atomic E-state index is 0.159. The van der Waals surface area contributed by atoms with E-state index in [9.17, 15) is 4.79 Å². The maximum atomic E-state index is 11.9. The van der Waals surface area contributed by atoms with Crippen molar-refractivity contribution in [2.45, 2.75) is 6.92 Å². The van der Waals surface area contributed by atoms with Crippen molar-refractivity contribution >= 4 is 29.3 Å². The van der Waals surface area contributed by atoms with Gasteiger partial charge >= 0.3 is 0 Å². The zero-order valence-electron chi connectivity index (χ0n) is 10.6. The minimum atomic E-state index is -0.311. The zero-order valence-corrected chi connectivity index (χ0v) is 11.3. The van der Waals surface area contributed by atoms with E-state index < -0.39 is 0 Å². The number of carbonyl (C=O) groups is 1. The zero-order chi connectivity index (χ0) is 13.7. The van der Waals surface area contributed by atoms with Crippen molar-refractivity contribution in [3.63, 3.8) is 0 Å². The lowest BCUT2D eigenvalue weighted by molar-refractivity contribution is -0.112. The molecule has 2 rings (SSSR count). The number of hydrogen-bond acceptors (Lipinski definition) is 1. The van der Waals surface area contributed by atoms with Crippen molar-refractivity contribution < 1.29 is 4.79 Å². The Bertz CT molecular complexity index is 588. The SMILES string of the molecule is Cc1ccc(NC(=O)/C(Cl)=C/c2ccccc2)cc1. The molecule has 96 valence electrons. The van der Waals surface area contributed by atoms with Crippen molar-refractivity contribution in [3.05, 3.63) is 70.8 Å². The van der Waals surface area contributed by atoms with Gasteiger partial charge in [-0.25, -0.2) is 0 Å². The topological polar surface area (TPSA) is 29.1 Å². The van der Waals surface area contributed by atoms with Crippen LogP contribution in [0.1, 0.15) is 11.1 Å². The van der Waals surface area contributed by atoms with Crippen molar-refractivity contribution in [1.29, 1.82) is 0 Å². The molecule has 0 heterocycles. The van der Waals surface area contributed by atoms with Crippen molar-refractivity contribution in [2.75, 3.05) is 5.32 Å². The number of amides is 1. The van der Waals surface area contributed by atoms with Gasteiger partial charge < -0.3 is 5.32 Å². The first kappa shape index (κ1) is 13.4. The molecule has 3 heteroatoms. The van der Waals surface area contributed by atoms with Crippen LogP contribution in [0.3, 0.4) is 0 Å². The van der Waals surface area contributed by atoms with Gasteiger partial charge in [-0.3, -0.25) is 4.79 Å². The highest BCUT2D eigenvalue weighted by Gasteiger charge is 2.06. The highest BCUT2D eigenvalue weighted by atomic mass is 35.5. The fourth-order valence-corrected chi connectivity index (χ4v) is 1.76. The van der Waals surface area contributed by atoms with Crippen LogP contribution in [-0.2, 0) is 4.79 Å². The molecule has 2 nitrogen and oxygen atoms in total. The Hall–Kier alpha value is -2.06. The minimum Gasteiger partial charge on any atom is -0.321 e. The van der Waals surface area contributed by atoms with E-state index in [1.54, 1.807) is 6.08 Å². The van der Waals surface area contributed by atoms with E-state index in [1.165, 1.54) is 0 Å². The molecule has 0 saturated carbocycles. The molecule has 0 spiro atoms. The normalized spacial score (nSPS) is 11.2. The second-order valence-corrected chi connectivity index (χ2v) is 4.63. The summed E-state index contributed by atoms with van der Waals surface area (Å²) >= 11 is 6.00. The molecule has 0 fully saturated rings. The number of nitrogens with one attached hydrogen (secondary N) is 1. The van der Waals surface area contributed by atoms with Gasteiger partial charge in [-0.1, -0.05) is 59.6 Å². The first-order valence-electron chi connectivity index (χ1n) is 5.95. The van der Waals surface area contributed by atoms with Crippen molar-refractivity contribution in [1.82, 2.24) is 0 Å². The number of carbonyl (C=O) groups excluding carboxylic acids is 1. The van der Waals surface area contributed by atoms with Gasteiger partial charge in [0.05, 0.1) is 0 Å². The van der Waals surface area contributed by atoms with Crippen LogP contribution < -0.4 is 5.32 Å². The molecule has 0 aliphatic carbocycles. The van der Waals surface area contributed by atoms with Crippen molar-refractivity contribution in [2.24, 2.45) is 0 Å². The fraction of sp³-hybridized carbons (Fsp3) is 0.0625. The summed E-state index contributed by atoms with van der Waals surface area (Å²) in [4.78, 5) is 11.9. The molecule has 0 aromatic heterocycles. The van der Waals surface area contributed by atoms with Crippen LogP contribution in [0.4, 0.5) is 5.69 Å². The summed E-state index contributed by atoms with van der Waals surface area (Å²) in [5.74, 6) is -0.311. The molecule has 1 N–H and O–H groups in total. The van der Waals surface area contributed by atoms with E-state index >= 15 is 0 Å². The molecule has 0 aliphatic rings. The summed E-state index contributed by atoms with van der Waals surface area (Å²) in [6, 6.07) is 17.1. The molecule has 0 atom stereocenters. The van der Waals surface area contributed by atoms with Gasteiger partial charge in [0, 0.05) is 5.69 Å². The number of benzene rings is 2. The van der Waals surface area contributed by atoms with Crippen LogP contribution in [0.5, 0.6) is 0 Å². The fourth-order valence-electron chi connectivity index (χ4n) is 1.59. The second kappa shape index (κ2) is 6.21. The van der Waals surface area contributed by atoms with Crippen molar-refractivity contribution in [3.8, 4) is 0 Å². The van der Waals surface area contributed by atoms with E-state index in [4.69, 9.17) is 11.6 Å². The maximum absolute atomic E-state index is 11.9. The van der Waals surface area contributed by atoms with Gasteiger partial charge in [0.1, 0.15) is 5.03 Å². The Labute approximate surface area is 117 Å². The molecule has 0 bridgehead atoms. The Morgan fingerprint density at radius 1 is 1.05 bits per heavy atom. The Balaban J connectivity index is 2.07. The third kappa shape index (κ3) is 3.97. The van der Waals surface area contributed by atoms with E-state index in [0.29, 0.717) is 0 Å². The molecule has 2 aromatic carbocycles. The lowest BCUT2D eigenvalue weighted by Gasteiger charge is -2.04. The van der Waals surface area contributed by atoms with Gasteiger partial charge in [0.25, 0.3) is 5.91 Å². The van der Waals surface area contributed by atoms with Gasteiger partial charge in [-0.15, -0.1) is 0 Å². The van der Waals surface area contributed by atoms with Gasteiger partial charge in [0.2, 0.25) is 0 Å². The summed E-state index contributed by atoms with van der Waals surface area (Å²) in [7, 11) is 0. The van der Waals surface area contributed by atoms with E-state index in [2.05, 4.69) is 5.32 Å². The average molecular weight is 272 g/mol. The monoisotopic (exact) mass is 271 g/mol. The molecular weight excluding hydrogens is 258 g/mol. The standard InChI is InChI=1S/C16H14ClNO/c1-12-7-9-14(10-8-12)18-16(19)15(17)11-13-5-3-2-4-6-13/h2-11H,1H3,(H,18,19)/b15-11-. The Kier molecular flexibility index (Phi) is 4.37. The van der Waals surface area contributed by atoms with Gasteiger partial charge in [-0.2, -0.15) is 0 Å². The van der Waals surface area contributed by atoms with Crippen LogP contribution in [0.2, 0.25) is 0 Å². The predicted molar refractivity (Wildman–Crippen MR) is 80.1 cm³/mol. The largest absolute Gasteiger partial charge is 0.321 e. The molecule has 1 amide bonds. The second-order valence-electron chi connectivity index (χ2n) is 4.22. The molecule has 0 radical (unpaired) electrons. The van der Waals surface area contributed by atoms with E-state index in [1.807, 2.05) is 61.5 Å². The van der Waals surface area contributed by atoms with Crippen LogP contribution in [0.15, 0.2) is 59.6 Å². The molecule has 0 saturated heterocycles. The van der Waals surface area contributed by atoms with Crippen LogP contribution in [0, 0.1) is 6.92 Å². The Morgan fingerprint density at radius 2 is 1.68 bits per heavy atom. The average Bonchev–Trinajstić information content (AvgIpc) is 2.42. The number of anilines is 1. The first-order valence-corrected chi connectivity index (χ1v) is 6.33. The lowest BCUT2D eigenvalue weighted by atomic mass is 10.2. The number of hydrogen-bond donors (Lipinski definition) is 1. The van der Waals surface area contributed by atoms with E-state index in [-0.39, 0.29) is 10.9 Å².